The average molecular weight is 466 g/mol. The number of anilines is 1. The second-order valence-electron chi connectivity index (χ2n) is 7.33. The van der Waals surface area contributed by atoms with Gasteiger partial charge in [-0.2, -0.15) is 9.78 Å². The Morgan fingerprint density at radius 3 is 2.64 bits per heavy atom. The van der Waals surface area contributed by atoms with Crippen molar-refractivity contribution in [3.05, 3.63) is 86.9 Å². The van der Waals surface area contributed by atoms with E-state index in [1.165, 1.54) is 24.3 Å². The molecule has 4 rings (SSSR count). The van der Waals surface area contributed by atoms with E-state index in [0.717, 1.165) is 27.1 Å². The quantitative estimate of drug-likeness (QED) is 0.430. The van der Waals surface area contributed by atoms with Crippen LogP contribution in [0.25, 0.3) is 16.5 Å². The van der Waals surface area contributed by atoms with Crippen LogP contribution in [0.1, 0.15) is 28.5 Å². The highest BCUT2D eigenvalue weighted by molar-refractivity contribution is 7.16. The van der Waals surface area contributed by atoms with Gasteiger partial charge in [0.25, 0.3) is 5.56 Å². The lowest BCUT2D eigenvalue weighted by Crippen LogP contribution is -2.25. The number of halogens is 1. The van der Waals surface area contributed by atoms with Gasteiger partial charge in [0.15, 0.2) is 5.69 Å². The summed E-state index contributed by atoms with van der Waals surface area (Å²) in [7, 11) is 0. The number of hydrogen-bond donors (Lipinski definition) is 1. The molecule has 0 fully saturated rings. The van der Waals surface area contributed by atoms with Gasteiger partial charge in [-0.05, 0) is 43.7 Å². The summed E-state index contributed by atoms with van der Waals surface area (Å²) in [6.07, 6.45) is 0.128. The van der Waals surface area contributed by atoms with Crippen LogP contribution in [0.3, 0.4) is 0 Å². The van der Waals surface area contributed by atoms with E-state index in [-0.39, 0.29) is 41.1 Å². The van der Waals surface area contributed by atoms with Gasteiger partial charge in [0.2, 0.25) is 5.91 Å². The van der Waals surface area contributed by atoms with E-state index in [4.69, 9.17) is 4.74 Å². The van der Waals surface area contributed by atoms with E-state index in [9.17, 15) is 18.8 Å². The molecular weight excluding hydrogens is 445 g/mol. The number of carbonyl (C=O) groups excluding carboxylic acids is 2. The summed E-state index contributed by atoms with van der Waals surface area (Å²) < 4.78 is 19.5. The molecule has 2 aromatic carbocycles. The van der Waals surface area contributed by atoms with Gasteiger partial charge in [0.05, 0.1) is 24.1 Å². The van der Waals surface area contributed by atoms with Crippen LogP contribution >= 0.6 is 11.3 Å². The molecule has 1 amide bonds. The Morgan fingerprint density at radius 2 is 1.94 bits per heavy atom. The third kappa shape index (κ3) is 4.68. The monoisotopic (exact) mass is 465 g/mol. The number of nitrogens with one attached hydrogen (secondary N) is 1. The first kappa shape index (κ1) is 22.3. The van der Waals surface area contributed by atoms with E-state index in [0.29, 0.717) is 5.00 Å². The minimum absolute atomic E-state index is 0.0637. The molecule has 33 heavy (non-hydrogen) atoms. The Kier molecular flexibility index (Phi) is 6.32. The summed E-state index contributed by atoms with van der Waals surface area (Å²) >= 11 is 1.12. The van der Waals surface area contributed by atoms with E-state index < -0.39 is 17.3 Å². The first-order chi connectivity index (χ1) is 15.9. The summed E-state index contributed by atoms with van der Waals surface area (Å²) in [5.74, 6) is -1.47. The van der Waals surface area contributed by atoms with Crippen LogP contribution in [0.15, 0.2) is 58.7 Å². The molecule has 2 heterocycles. The van der Waals surface area contributed by atoms with Gasteiger partial charge in [-0.15, -0.1) is 11.3 Å². The second kappa shape index (κ2) is 9.33. The number of rotatable bonds is 6. The van der Waals surface area contributed by atoms with Gasteiger partial charge in [-0.3, -0.25) is 9.59 Å². The first-order valence-electron chi connectivity index (χ1n) is 10.2. The first-order valence-corrected chi connectivity index (χ1v) is 11.1. The molecule has 0 saturated heterocycles. The number of thiophene rings is 1. The molecule has 9 heteroatoms. The Balaban J connectivity index is 1.79. The summed E-state index contributed by atoms with van der Waals surface area (Å²) in [6.45, 7) is 3.73. The molecule has 0 aliphatic heterocycles. The second-order valence-corrected chi connectivity index (χ2v) is 8.21. The van der Waals surface area contributed by atoms with Gasteiger partial charge < -0.3 is 10.1 Å². The van der Waals surface area contributed by atoms with Crippen molar-refractivity contribution in [2.24, 2.45) is 0 Å². The highest BCUT2D eigenvalue weighted by atomic mass is 32.1. The number of amides is 1. The van der Waals surface area contributed by atoms with Crippen molar-refractivity contribution >= 4 is 39.0 Å². The zero-order chi connectivity index (χ0) is 23.5. The van der Waals surface area contributed by atoms with E-state index in [1.54, 1.807) is 12.3 Å². The average Bonchev–Trinajstić information content (AvgIpc) is 3.19. The number of esters is 1. The number of hydrogen-bond acceptors (Lipinski definition) is 6. The van der Waals surface area contributed by atoms with Crippen LogP contribution in [0.2, 0.25) is 0 Å². The summed E-state index contributed by atoms with van der Waals surface area (Å²) in [5, 5.41) is 9.29. The lowest BCUT2D eigenvalue weighted by atomic mass is 10.1. The highest BCUT2D eigenvalue weighted by Crippen LogP contribution is 2.31. The zero-order valence-corrected chi connectivity index (χ0v) is 18.7. The molecule has 7 nitrogen and oxygen atoms in total. The third-order valence-electron chi connectivity index (χ3n) is 4.89. The fraction of sp³-hybridized carbons (Fsp3) is 0.167. The number of carbonyl (C=O) groups is 2. The molecule has 0 aliphatic rings. The number of aromatic nitrogens is 2. The number of aryl methyl sites for hydroxylation is 1. The lowest BCUT2D eigenvalue weighted by Gasteiger charge is -2.10. The van der Waals surface area contributed by atoms with E-state index in [1.807, 2.05) is 31.2 Å². The van der Waals surface area contributed by atoms with Crippen molar-refractivity contribution in [3.63, 3.8) is 0 Å². The summed E-state index contributed by atoms with van der Waals surface area (Å²) in [5.41, 5.74) is 1.54. The predicted molar refractivity (Wildman–Crippen MR) is 125 cm³/mol. The van der Waals surface area contributed by atoms with Gasteiger partial charge in [-0.1, -0.05) is 29.8 Å². The molecule has 1 N–H and O–H groups in total. The van der Waals surface area contributed by atoms with Crippen molar-refractivity contribution in [2.75, 3.05) is 11.9 Å². The summed E-state index contributed by atoms with van der Waals surface area (Å²) in [4.78, 5) is 38.6. The minimum atomic E-state index is -0.700. The van der Waals surface area contributed by atoms with Gasteiger partial charge >= 0.3 is 5.97 Å². The molecular formula is C24H20FN3O4S. The van der Waals surface area contributed by atoms with Crippen LogP contribution in [0, 0.1) is 12.7 Å². The normalized spacial score (nSPS) is 10.9. The smallest absolute Gasteiger partial charge is 0.359 e. The summed E-state index contributed by atoms with van der Waals surface area (Å²) in [6, 6.07) is 12.7. The fourth-order valence-corrected chi connectivity index (χ4v) is 4.38. The topological polar surface area (TPSA) is 90.3 Å². The molecule has 0 bridgehead atoms. The van der Waals surface area contributed by atoms with Crippen molar-refractivity contribution in [1.29, 1.82) is 0 Å². The molecule has 0 spiro atoms. The SMILES string of the molecule is CCOC(=O)c1nn(-c2ccc(F)cc2)c(=O)c2c(NC(=O)Cc3cccc(C)c3)scc12. The zero-order valence-electron chi connectivity index (χ0n) is 17.9. The molecule has 168 valence electrons. The predicted octanol–water partition coefficient (Wildman–Crippen LogP) is 4.25. The number of nitrogens with zero attached hydrogens (tertiary/aromatic N) is 2. The minimum Gasteiger partial charge on any atom is -0.461 e. The maximum atomic E-state index is 13.4. The maximum Gasteiger partial charge on any atom is 0.359 e. The Morgan fingerprint density at radius 1 is 1.18 bits per heavy atom. The molecule has 0 saturated carbocycles. The van der Waals surface area contributed by atoms with Gasteiger partial charge in [0.1, 0.15) is 10.8 Å². The van der Waals surface area contributed by atoms with Crippen molar-refractivity contribution < 1.29 is 18.7 Å². The highest BCUT2D eigenvalue weighted by Gasteiger charge is 2.23. The standard InChI is InChI=1S/C24H20FN3O4S/c1-3-32-24(31)21-18-13-33-22(26-19(29)12-15-6-4-5-14(2)11-15)20(18)23(30)28(27-21)17-9-7-16(25)8-10-17/h4-11,13H,3,12H2,1-2H3,(H,26,29). The van der Waals surface area contributed by atoms with E-state index in [2.05, 4.69) is 10.4 Å². The van der Waals surface area contributed by atoms with Crippen LogP contribution in [0.5, 0.6) is 0 Å². The molecule has 4 aromatic rings. The Bertz CT molecular complexity index is 1410. The number of fused-ring (bicyclic) bond motifs is 1. The molecule has 0 unspecified atom stereocenters. The van der Waals surface area contributed by atoms with E-state index >= 15 is 0 Å². The molecule has 0 aliphatic carbocycles. The van der Waals surface area contributed by atoms with Crippen LogP contribution in [-0.4, -0.2) is 28.3 Å². The van der Waals surface area contributed by atoms with Crippen molar-refractivity contribution in [1.82, 2.24) is 9.78 Å². The Labute approximate surface area is 192 Å². The van der Waals surface area contributed by atoms with Crippen LogP contribution in [0.4, 0.5) is 9.39 Å². The van der Waals surface area contributed by atoms with Gasteiger partial charge in [-0.25, -0.2) is 9.18 Å². The van der Waals surface area contributed by atoms with Crippen molar-refractivity contribution in [3.8, 4) is 5.69 Å². The molecule has 0 radical (unpaired) electrons. The van der Waals surface area contributed by atoms with Crippen molar-refractivity contribution in [2.45, 2.75) is 20.3 Å². The molecule has 0 atom stereocenters. The van der Waals surface area contributed by atoms with Gasteiger partial charge in [0, 0.05) is 10.8 Å². The van der Waals surface area contributed by atoms with Crippen LogP contribution < -0.4 is 10.9 Å². The third-order valence-corrected chi connectivity index (χ3v) is 5.79. The maximum absolute atomic E-state index is 13.4. The fourth-order valence-electron chi connectivity index (χ4n) is 3.43. The Hall–Kier alpha value is -3.85. The largest absolute Gasteiger partial charge is 0.461 e. The lowest BCUT2D eigenvalue weighted by molar-refractivity contribution is -0.115. The number of benzene rings is 2. The molecule has 2 aromatic heterocycles. The van der Waals surface area contributed by atoms with Crippen LogP contribution in [-0.2, 0) is 16.0 Å². The number of ether oxygens (including phenoxy) is 1.